The lowest BCUT2D eigenvalue weighted by Gasteiger charge is -2.32. The summed E-state index contributed by atoms with van der Waals surface area (Å²) >= 11 is 0. The van der Waals surface area contributed by atoms with Gasteiger partial charge in [0, 0.05) is 25.3 Å². The van der Waals surface area contributed by atoms with Crippen molar-refractivity contribution in [2.75, 3.05) is 25.0 Å². The van der Waals surface area contributed by atoms with Crippen LogP contribution in [0.1, 0.15) is 34.5 Å². The number of rotatable bonds is 5. The number of carbonyl (C=O) groups is 2. The number of aryl methyl sites for hydroxylation is 1. The van der Waals surface area contributed by atoms with Crippen LogP contribution in [0.4, 0.5) is 10.5 Å². The molecule has 0 aliphatic carbocycles. The number of halogens is 1. The van der Waals surface area contributed by atoms with E-state index in [0.717, 1.165) is 24.1 Å². The topological polar surface area (TPSA) is 101 Å². The molecular formula is C20H27ClN4O3. The van der Waals surface area contributed by atoms with Crippen LogP contribution in [0, 0.1) is 12.8 Å². The van der Waals surface area contributed by atoms with Crippen LogP contribution in [0.3, 0.4) is 0 Å². The normalized spacial score (nSPS) is 16.2. The third-order valence-corrected chi connectivity index (χ3v) is 4.77. The number of anilines is 1. The SMILES string of the molecule is Cc1ccc(NC(=O)NCC2CCCN(C(=O)c3coc(CN)c3)C2)cc1.Cl. The number of amides is 3. The predicted molar refractivity (Wildman–Crippen MR) is 111 cm³/mol. The number of furan rings is 1. The molecular weight excluding hydrogens is 380 g/mol. The van der Waals surface area contributed by atoms with Crippen molar-refractivity contribution in [3.8, 4) is 0 Å². The number of likely N-dealkylation sites (tertiary alicyclic amines) is 1. The number of benzene rings is 1. The first-order valence-corrected chi connectivity index (χ1v) is 9.23. The van der Waals surface area contributed by atoms with Crippen LogP contribution >= 0.6 is 12.4 Å². The Kier molecular flexibility index (Phi) is 7.90. The molecule has 2 aromatic rings. The van der Waals surface area contributed by atoms with Crippen molar-refractivity contribution in [3.05, 3.63) is 53.5 Å². The minimum absolute atomic E-state index is 0. The Bertz CT molecular complexity index is 791. The lowest BCUT2D eigenvalue weighted by molar-refractivity contribution is 0.0674. The third kappa shape index (κ3) is 5.74. The van der Waals surface area contributed by atoms with E-state index in [2.05, 4.69) is 10.6 Å². The minimum Gasteiger partial charge on any atom is -0.467 e. The standard InChI is InChI=1S/C20H26N4O3.ClH/c1-14-4-6-17(7-5-14)23-20(26)22-11-15-3-2-8-24(12-15)19(25)16-9-18(10-21)27-13-16;/h4-7,9,13,15H,2-3,8,10-12,21H2,1H3,(H2,22,23,26);1H. The van der Waals surface area contributed by atoms with Crippen LogP contribution in [0.5, 0.6) is 0 Å². The van der Waals surface area contributed by atoms with E-state index in [9.17, 15) is 9.59 Å². The summed E-state index contributed by atoms with van der Waals surface area (Å²) in [6.07, 6.45) is 3.36. The maximum atomic E-state index is 12.6. The van der Waals surface area contributed by atoms with Crippen molar-refractivity contribution < 1.29 is 14.0 Å². The Morgan fingerprint density at radius 2 is 2.04 bits per heavy atom. The van der Waals surface area contributed by atoms with Gasteiger partial charge >= 0.3 is 6.03 Å². The molecule has 1 fully saturated rings. The molecule has 28 heavy (non-hydrogen) atoms. The molecule has 1 aromatic heterocycles. The van der Waals surface area contributed by atoms with Crippen molar-refractivity contribution in [1.82, 2.24) is 10.2 Å². The number of hydrogen-bond donors (Lipinski definition) is 3. The van der Waals surface area contributed by atoms with Gasteiger partial charge in [0.15, 0.2) is 0 Å². The number of urea groups is 1. The van der Waals surface area contributed by atoms with E-state index in [1.54, 1.807) is 6.07 Å². The van der Waals surface area contributed by atoms with Crippen LogP contribution in [-0.2, 0) is 6.54 Å². The number of nitrogens with one attached hydrogen (secondary N) is 2. The maximum Gasteiger partial charge on any atom is 0.319 e. The van der Waals surface area contributed by atoms with Gasteiger partial charge in [-0.15, -0.1) is 12.4 Å². The molecule has 0 saturated carbocycles. The van der Waals surface area contributed by atoms with Crippen molar-refractivity contribution in [2.24, 2.45) is 11.7 Å². The second-order valence-corrected chi connectivity index (χ2v) is 6.97. The van der Waals surface area contributed by atoms with E-state index in [1.807, 2.05) is 36.1 Å². The van der Waals surface area contributed by atoms with Gasteiger partial charge in [-0.3, -0.25) is 4.79 Å². The second kappa shape index (κ2) is 10.1. The lowest BCUT2D eigenvalue weighted by atomic mass is 9.97. The van der Waals surface area contributed by atoms with E-state index in [0.29, 0.717) is 31.0 Å². The molecule has 0 radical (unpaired) electrons. The van der Waals surface area contributed by atoms with Crippen molar-refractivity contribution in [3.63, 3.8) is 0 Å². The molecule has 1 saturated heterocycles. The average molecular weight is 407 g/mol. The van der Waals surface area contributed by atoms with Crippen LogP contribution < -0.4 is 16.4 Å². The molecule has 3 rings (SSSR count). The Balaban J connectivity index is 0.00000280. The Morgan fingerprint density at radius 3 is 2.71 bits per heavy atom. The summed E-state index contributed by atoms with van der Waals surface area (Å²) in [5.41, 5.74) is 7.96. The van der Waals surface area contributed by atoms with Gasteiger partial charge in [0.25, 0.3) is 5.91 Å². The van der Waals surface area contributed by atoms with Gasteiger partial charge in [0.2, 0.25) is 0 Å². The van der Waals surface area contributed by atoms with Crippen molar-refractivity contribution >= 4 is 30.0 Å². The molecule has 3 amide bonds. The predicted octanol–water partition coefficient (Wildman–Crippen LogP) is 3.14. The molecule has 1 aliphatic rings. The molecule has 1 aliphatic heterocycles. The van der Waals surface area contributed by atoms with Crippen LogP contribution in [-0.4, -0.2) is 36.5 Å². The zero-order valence-electron chi connectivity index (χ0n) is 15.9. The van der Waals surface area contributed by atoms with Gasteiger partial charge in [-0.25, -0.2) is 4.79 Å². The van der Waals surface area contributed by atoms with Crippen molar-refractivity contribution in [1.29, 1.82) is 0 Å². The highest BCUT2D eigenvalue weighted by Gasteiger charge is 2.25. The molecule has 0 bridgehead atoms. The lowest BCUT2D eigenvalue weighted by Crippen LogP contribution is -2.44. The molecule has 8 heteroatoms. The first kappa shape index (κ1) is 21.8. The van der Waals surface area contributed by atoms with Gasteiger partial charge in [0.1, 0.15) is 12.0 Å². The monoisotopic (exact) mass is 406 g/mol. The molecule has 0 spiro atoms. The zero-order chi connectivity index (χ0) is 19.2. The molecule has 1 aromatic carbocycles. The molecule has 7 nitrogen and oxygen atoms in total. The Labute approximate surface area is 171 Å². The summed E-state index contributed by atoms with van der Waals surface area (Å²) in [7, 11) is 0. The van der Waals surface area contributed by atoms with Crippen LogP contribution in [0.2, 0.25) is 0 Å². The van der Waals surface area contributed by atoms with E-state index in [4.69, 9.17) is 10.2 Å². The molecule has 1 atom stereocenters. The summed E-state index contributed by atoms with van der Waals surface area (Å²) in [6.45, 7) is 4.14. The fourth-order valence-corrected chi connectivity index (χ4v) is 3.25. The summed E-state index contributed by atoms with van der Waals surface area (Å²) in [5.74, 6) is 0.779. The number of nitrogens with two attached hydrogens (primary N) is 1. The van der Waals surface area contributed by atoms with E-state index < -0.39 is 0 Å². The van der Waals surface area contributed by atoms with Gasteiger partial charge in [-0.1, -0.05) is 17.7 Å². The Hall–Kier alpha value is -2.51. The largest absolute Gasteiger partial charge is 0.467 e. The van der Waals surface area contributed by atoms with Crippen LogP contribution in [0.15, 0.2) is 41.0 Å². The first-order chi connectivity index (χ1) is 13.0. The summed E-state index contributed by atoms with van der Waals surface area (Å²) < 4.78 is 5.26. The van der Waals surface area contributed by atoms with E-state index >= 15 is 0 Å². The van der Waals surface area contributed by atoms with Crippen LogP contribution in [0.25, 0.3) is 0 Å². The van der Waals surface area contributed by atoms with Gasteiger partial charge in [-0.05, 0) is 43.9 Å². The van der Waals surface area contributed by atoms with E-state index in [-0.39, 0.29) is 36.8 Å². The van der Waals surface area contributed by atoms with Crippen molar-refractivity contribution in [2.45, 2.75) is 26.3 Å². The Morgan fingerprint density at radius 1 is 1.29 bits per heavy atom. The minimum atomic E-state index is -0.232. The molecule has 152 valence electrons. The summed E-state index contributed by atoms with van der Waals surface area (Å²) in [6, 6.07) is 9.11. The molecule has 1 unspecified atom stereocenters. The molecule has 4 N–H and O–H groups in total. The zero-order valence-corrected chi connectivity index (χ0v) is 16.8. The third-order valence-electron chi connectivity index (χ3n) is 4.77. The number of carbonyl (C=O) groups excluding carboxylic acids is 2. The van der Waals surface area contributed by atoms with E-state index in [1.165, 1.54) is 6.26 Å². The number of nitrogens with zero attached hydrogens (tertiary/aromatic N) is 1. The second-order valence-electron chi connectivity index (χ2n) is 6.97. The fourth-order valence-electron chi connectivity index (χ4n) is 3.25. The maximum absolute atomic E-state index is 12.6. The number of hydrogen-bond acceptors (Lipinski definition) is 4. The highest BCUT2D eigenvalue weighted by Crippen LogP contribution is 2.19. The summed E-state index contributed by atoms with van der Waals surface area (Å²) in [4.78, 5) is 26.5. The number of piperidine rings is 1. The first-order valence-electron chi connectivity index (χ1n) is 9.23. The van der Waals surface area contributed by atoms with Gasteiger partial charge in [-0.2, -0.15) is 0 Å². The quantitative estimate of drug-likeness (QED) is 0.709. The fraction of sp³-hybridized carbons (Fsp3) is 0.400. The summed E-state index contributed by atoms with van der Waals surface area (Å²) in [5, 5.41) is 5.73. The molecule has 2 heterocycles. The smallest absolute Gasteiger partial charge is 0.319 e. The van der Waals surface area contributed by atoms with Gasteiger partial charge < -0.3 is 25.7 Å². The van der Waals surface area contributed by atoms with Gasteiger partial charge in [0.05, 0.1) is 12.1 Å². The average Bonchev–Trinajstić information content (AvgIpc) is 3.17. The highest BCUT2D eigenvalue weighted by atomic mass is 35.5. The highest BCUT2D eigenvalue weighted by molar-refractivity contribution is 5.94.